The minimum atomic E-state index is 0.255. The van der Waals surface area contributed by atoms with Gasteiger partial charge in [0.1, 0.15) is 0 Å². The Hall–Kier alpha value is -0.0500. The normalized spacial score (nSPS) is 34.5. The number of hydrogen-bond acceptors (Lipinski definition) is 2. The minimum absolute atomic E-state index is 0.255. The molecule has 0 bridgehead atoms. The Balaban J connectivity index is 2.64. The third-order valence-electron chi connectivity index (χ3n) is 3.50. The fourth-order valence-corrected chi connectivity index (χ4v) is 2.16. The van der Waals surface area contributed by atoms with Crippen LogP contribution < -0.4 is 5.32 Å². The fraction of sp³-hybridized carbons (Fsp3) is 0.833. The topological polar surface area (TPSA) is 15.3 Å². The quantitative estimate of drug-likeness (QED) is 0.802. The lowest BCUT2D eigenvalue weighted by molar-refractivity contribution is 0.189. The molecule has 0 radical (unpaired) electrons. The van der Waals surface area contributed by atoms with E-state index < -0.39 is 0 Å². The Morgan fingerprint density at radius 1 is 1.60 bits per heavy atom. The summed E-state index contributed by atoms with van der Waals surface area (Å²) >= 11 is 5.59. The average Bonchev–Trinajstić information content (AvgIpc) is 2.37. The zero-order chi connectivity index (χ0) is 11.3. The van der Waals surface area contributed by atoms with E-state index >= 15 is 0 Å². The van der Waals surface area contributed by atoms with E-state index in [9.17, 15) is 0 Å². The van der Waals surface area contributed by atoms with Gasteiger partial charge in [0.2, 0.25) is 0 Å². The molecule has 1 aliphatic rings. The van der Waals surface area contributed by atoms with Crippen molar-refractivity contribution in [3.8, 4) is 0 Å². The predicted octanol–water partition coefficient (Wildman–Crippen LogP) is 2.59. The molecule has 0 amide bonds. The van der Waals surface area contributed by atoms with Crippen LogP contribution in [0.4, 0.5) is 0 Å². The highest BCUT2D eigenvalue weighted by Crippen LogP contribution is 2.18. The summed E-state index contributed by atoms with van der Waals surface area (Å²) in [7, 11) is 0. The highest BCUT2D eigenvalue weighted by Gasteiger charge is 2.29. The number of halogens is 1. The van der Waals surface area contributed by atoms with Crippen molar-refractivity contribution in [2.24, 2.45) is 0 Å². The first kappa shape index (κ1) is 13.0. The van der Waals surface area contributed by atoms with Gasteiger partial charge in [0.25, 0.3) is 0 Å². The van der Waals surface area contributed by atoms with Gasteiger partial charge in [0, 0.05) is 30.2 Å². The standard InChI is InChI=1S/C12H23ClN2/c1-4-12(3)10-15(9-5-7-13)11(2)6-8-14-12/h5,7,11,14H,4,6,8-10H2,1-3H3/b7-5+. The molecule has 1 aliphatic heterocycles. The van der Waals surface area contributed by atoms with Crippen molar-refractivity contribution in [3.05, 3.63) is 11.6 Å². The van der Waals surface area contributed by atoms with Crippen LogP contribution in [0.2, 0.25) is 0 Å². The predicted molar refractivity (Wildman–Crippen MR) is 67.3 cm³/mol. The number of hydrogen-bond donors (Lipinski definition) is 1. The lowest BCUT2D eigenvalue weighted by atomic mass is 9.98. The maximum absolute atomic E-state index is 5.59. The van der Waals surface area contributed by atoms with E-state index in [2.05, 4.69) is 31.0 Å². The van der Waals surface area contributed by atoms with Gasteiger partial charge in [0.15, 0.2) is 0 Å². The van der Waals surface area contributed by atoms with E-state index in [-0.39, 0.29) is 5.54 Å². The molecular formula is C12H23ClN2. The molecule has 0 aliphatic carbocycles. The molecule has 1 saturated heterocycles. The smallest absolute Gasteiger partial charge is 0.0278 e. The molecule has 0 saturated carbocycles. The van der Waals surface area contributed by atoms with Gasteiger partial charge in [-0.1, -0.05) is 24.6 Å². The molecule has 1 fully saturated rings. The molecule has 0 aromatic heterocycles. The zero-order valence-electron chi connectivity index (χ0n) is 10.1. The maximum Gasteiger partial charge on any atom is 0.0278 e. The second-order valence-electron chi connectivity index (χ2n) is 4.77. The summed E-state index contributed by atoms with van der Waals surface area (Å²) in [4.78, 5) is 2.50. The van der Waals surface area contributed by atoms with Crippen LogP contribution in [-0.4, -0.2) is 36.1 Å². The van der Waals surface area contributed by atoms with E-state index in [0.717, 1.165) is 19.6 Å². The van der Waals surface area contributed by atoms with Gasteiger partial charge in [-0.15, -0.1) is 0 Å². The minimum Gasteiger partial charge on any atom is -0.310 e. The molecule has 1 rings (SSSR count). The first-order valence-corrected chi connectivity index (χ1v) is 6.29. The molecular weight excluding hydrogens is 208 g/mol. The van der Waals surface area contributed by atoms with Gasteiger partial charge in [0.05, 0.1) is 0 Å². The van der Waals surface area contributed by atoms with Crippen molar-refractivity contribution < 1.29 is 0 Å². The third kappa shape index (κ3) is 3.78. The van der Waals surface area contributed by atoms with Crippen molar-refractivity contribution in [1.29, 1.82) is 0 Å². The van der Waals surface area contributed by atoms with E-state index in [1.807, 2.05) is 6.08 Å². The number of nitrogens with zero attached hydrogens (tertiary/aromatic N) is 1. The van der Waals surface area contributed by atoms with Crippen LogP contribution in [0.5, 0.6) is 0 Å². The summed E-state index contributed by atoms with van der Waals surface area (Å²) in [6, 6.07) is 0.638. The van der Waals surface area contributed by atoms with E-state index in [4.69, 9.17) is 11.6 Å². The number of rotatable bonds is 3. The summed E-state index contributed by atoms with van der Waals surface area (Å²) in [6.45, 7) is 10.0. The third-order valence-corrected chi connectivity index (χ3v) is 3.68. The summed E-state index contributed by atoms with van der Waals surface area (Å²) < 4.78 is 0. The van der Waals surface area contributed by atoms with Gasteiger partial charge in [-0.3, -0.25) is 4.90 Å². The molecule has 88 valence electrons. The van der Waals surface area contributed by atoms with Gasteiger partial charge < -0.3 is 5.32 Å². The van der Waals surface area contributed by atoms with Crippen LogP contribution >= 0.6 is 11.6 Å². The second kappa shape index (κ2) is 5.88. The monoisotopic (exact) mass is 230 g/mol. The first-order chi connectivity index (χ1) is 7.11. The fourth-order valence-electron chi connectivity index (χ4n) is 2.08. The molecule has 2 nitrogen and oxygen atoms in total. The lowest BCUT2D eigenvalue weighted by Gasteiger charge is -2.34. The molecule has 0 aromatic carbocycles. The van der Waals surface area contributed by atoms with Gasteiger partial charge in [-0.2, -0.15) is 0 Å². The van der Waals surface area contributed by atoms with E-state index in [0.29, 0.717) is 6.04 Å². The summed E-state index contributed by atoms with van der Waals surface area (Å²) in [5.74, 6) is 0. The van der Waals surface area contributed by atoms with Crippen molar-refractivity contribution in [3.63, 3.8) is 0 Å². The average molecular weight is 231 g/mol. The maximum atomic E-state index is 5.59. The molecule has 2 unspecified atom stereocenters. The van der Waals surface area contributed by atoms with Crippen LogP contribution in [-0.2, 0) is 0 Å². The van der Waals surface area contributed by atoms with Gasteiger partial charge >= 0.3 is 0 Å². The lowest BCUT2D eigenvalue weighted by Crippen LogP contribution is -2.49. The molecule has 2 atom stereocenters. The van der Waals surface area contributed by atoms with E-state index in [1.165, 1.54) is 12.8 Å². The molecule has 3 heteroatoms. The van der Waals surface area contributed by atoms with Crippen LogP contribution in [0.25, 0.3) is 0 Å². The molecule has 0 spiro atoms. The Morgan fingerprint density at radius 2 is 2.33 bits per heavy atom. The number of nitrogens with one attached hydrogen (secondary N) is 1. The summed E-state index contributed by atoms with van der Waals surface area (Å²) in [6.07, 6.45) is 4.41. The van der Waals surface area contributed by atoms with Crippen molar-refractivity contribution >= 4 is 11.6 Å². The highest BCUT2D eigenvalue weighted by molar-refractivity contribution is 6.25. The van der Waals surface area contributed by atoms with Crippen molar-refractivity contribution in [1.82, 2.24) is 10.2 Å². The second-order valence-corrected chi connectivity index (χ2v) is 5.02. The Bertz CT molecular complexity index is 218. The largest absolute Gasteiger partial charge is 0.310 e. The Kier molecular flexibility index (Phi) is 5.10. The molecule has 15 heavy (non-hydrogen) atoms. The zero-order valence-corrected chi connectivity index (χ0v) is 10.8. The SMILES string of the molecule is CCC1(C)CN(C/C=C/Cl)C(C)CCN1. The van der Waals surface area contributed by atoms with Crippen molar-refractivity contribution in [2.75, 3.05) is 19.6 Å². The molecule has 1 heterocycles. The summed E-state index contributed by atoms with van der Waals surface area (Å²) in [5, 5.41) is 3.65. The summed E-state index contributed by atoms with van der Waals surface area (Å²) in [5.41, 5.74) is 1.87. The molecule has 1 N–H and O–H groups in total. The van der Waals surface area contributed by atoms with Gasteiger partial charge in [-0.05, 0) is 33.2 Å². The van der Waals surface area contributed by atoms with Crippen LogP contribution in [0.3, 0.4) is 0 Å². The highest BCUT2D eigenvalue weighted by atomic mass is 35.5. The van der Waals surface area contributed by atoms with Gasteiger partial charge in [-0.25, -0.2) is 0 Å². The van der Waals surface area contributed by atoms with Crippen LogP contribution in [0.1, 0.15) is 33.6 Å². The van der Waals surface area contributed by atoms with Crippen molar-refractivity contribution in [2.45, 2.75) is 45.2 Å². The van der Waals surface area contributed by atoms with E-state index in [1.54, 1.807) is 5.54 Å². The Labute approximate surface area is 98.7 Å². The Morgan fingerprint density at radius 3 is 2.93 bits per heavy atom. The van der Waals surface area contributed by atoms with Crippen LogP contribution in [0, 0.1) is 0 Å². The van der Waals surface area contributed by atoms with Crippen LogP contribution in [0.15, 0.2) is 11.6 Å². The molecule has 0 aromatic rings. The first-order valence-electron chi connectivity index (χ1n) is 5.85.